The van der Waals surface area contributed by atoms with E-state index in [9.17, 15) is 0 Å². The number of benzene rings is 7. The Bertz CT molecular complexity index is 3150. The second-order valence-electron chi connectivity index (χ2n) is 15.4. The van der Waals surface area contributed by atoms with Crippen LogP contribution in [0.4, 0.5) is 16.4 Å². The third-order valence-electron chi connectivity index (χ3n) is 12.3. The number of aliphatic imine (C=N–C) groups is 1. The molecule has 0 fully saturated rings. The van der Waals surface area contributed by atoms with Crippen LogP contribution in [0.5, 0.6) is 0 Å². The minimum absolute atomic E-state index is 0.0748. The largest absolute Gasteiger partial charge is 0.358 e. The van der Waals surface area contributed by atoms with E-state index in [0.717, 1.165) is 22.1 Å². The number of thiophene rings is 1. The molecule has 0 saturated carbocycles. The van der Waals surface area contributed by atoms with Crippen LogP contribution in [0.1, 0.15) is 41.1 Å². The van der Waals surface area contributed by atoms with Crippen LogP contribution in [0.2, 0.25) is 0 Å². The molecule has 3 unspecified atom stereocenters. The van der Waals surface area contributed by atoms with Crippen molar-refractivity contribution < 1.29 is 0 Å². The van der Waals surface area contributed by atoms with Crippen molar-refractivity contribution in [1.29, 1.82) is 0 Å². The lowest BCUT2D eigenvalue weighted by Crippen LogP contribution is -2.41. The molecule has 0 amide bonds. The van der Waals surface area contributed by atoms with E-state index in [1.807, 2.05) is 0 Å². The number of para-hydroxylation sites is 2. The van der Waals surface area contributed by atoms with Crippen LogP contribution in [-0.4, -0.2) is 15.9 Å². The van der Waals surface area contributed by atoms with Gasteiger partial charge in [0.15, 0.2) is 0 Å². The van der Waals surface area contributed by atoms with Gasteiger partial charge in [-0.2, -0.15) is 0 Å². The van der Waals surface area contributed by atoms with E-state index in [2.05, 4.69) is 204 Å². The number of anilines is 2. The zero-order valence-corrected chi connectivity index (χ0v) is 31.5. The summed E-state index contributed by atoms with van der Waals surface area (Å²) in [7, 11) is 0. The Labute approximate surface area is 329 Å². The molecule has 0 spiro atoms. The van der Waals surface area contributed by atoms with Gasteiger partial charge in [-0.05, 0) is 83.4 Å². The van der Waals surface area contributed by atoms with E-state index in [4.69, 9.17) is 4.99 Å². The lowest BCUT2D eigenvalue weighted by atomic mass is 9.80. The fourth-order valence-corrected chi connectivity index (χ4v) is 10.8. The highest BCUT2D eigenvalue weighted by Crippen LogP contribution is 2.54. The molecule has 1 N–H and O–H groups in total. The number of hydrogen-bond donors (Lipinski definition) is 1. The third kappa shape index (κ3) is 4.55. The molecule has 2 aliphatic heterocycles. The number of hydrogen-bond acceptors (Lipinski definition) is 4. The van der Waals surface area contributed by atoms with Crippen molar-refractivity contribution in [2.75, 3.05) is 4.90 Å². The molecule has 3 aliphatic rings. The number of aromatic nitrogens is 1. The van der Waals surface area contributed by atoms with Crippen molar-refractivity contribution in [2.24, 2.45) is 4.99 Å². The molecule has 9 aromatic rings. The molecule has 3 atom stereocenters. The maximum atomic E-state index is 5.38. The average Bonchev–Trinajstić information content (AvgIpc) is 3.87. The predicted octanol–water partition coefficient (Wildman–Crippen LogP) is 13.0. The Hall–Kier alpha value is -6.69. The fourth-order valence-electron chi connectivity index (χ4n) is 9.66. The van der Waals surface area contributed by atoms with Crippen LogP contribution in [0.15, 0.2) is 187 Å². The maximum absolute atomic E-state index is 5.38. The first-order chi connectivity index (χ1) is 27.6. The van der Waals surface area contributed by atoms with Gasteiger partial charge in [0.25, 0.3) is 0 Å². The van der Waals surface area contributed by atoms with Gasteiger partial charge in [0.2, 0.25) is 0 Å². The van der Waals surface area contributed by atoms with Gasteiger partial charge in [0.1, 0.15) is 10.8 Å². The molecule has 12 rings (SSSR count). The number of nitrogens with zero attached hydrogens (tertiary/aromatic N) is 3. The number of fused-ring (bicyclic) bond motifs is 10. The highest BCUT2D eigenvalue weighted by atomic mass is 32.1. The Kier molecular flexibility index (Phi) is 6.73. The monoisotopic (exact) mass is 736 g/mol. The van der Waals surface area contributed by atoms with E-state index >= 15 is 0 Å². The lowest BCUT2D eigenvalue weighted by molar-refractivity contribution is 0.542. The van der Waals surface area contributed by atoms with Gasteiger partial charge >= 0.3 is 0 Å². The molecule has 0 radical (unpaired) electrons. The standard InChI is InChI=1S/C51H36N4S/c1-51-28-12-11-19-42(51)39-27-24-35(31-45(39)55(51)37-15-3-2-4-16-37)49-52-48(47-40-18-8-10-21-46(40)56-50(47)53-49)32-22-25-36(26-23-32)54-43-20-9-7-17-38(43)41-29-33-13-5-6-14-34(33)30-44(41)54/h2-31,42,48H,1H3,(H,52,53). The molecule has 7 aromatic carbocycles. The summed E-state index contributed by atoms with van der Waals surface area (Å²) in [5.74, 6) is 1.15. The van der Waals surface area contributed by atoms with Gasteiger partial charge in [-0.1, -0.05) is 127 Å². The molecule has 5 heteroatoms. The first-order valence-corrected chi connectivity index (χ1v) is 20.2. The van der Waals surface area contributed by atoms with E-state index in [1.54, 1.807) is 11.3 Å². The molecule has 4 nitrogen and oxygen atoms in total. The molecule has 56 heavy (non-hydrogen) atoms. The van der Waals surface area contributed by atoms with Crippen molar-refractivity contribution in [3.8, 4) is 5.69 Å². The molecule has 0 saturated heterocycles. The quantitative estimate of drug-likeness (QED) is 0.195. The molecular formula is C51H36N4S. The minimum atomic E-state index is -0.203. The van der Waals surface area contributed by atoms with E-state index in [0.29, 0.717) is 0 Å². The first kappa shape index (κ1) is 31.6. The van der Waals surface area contributed by atoms with Crippen LogP contribution in [0.3, 0.4) is 0 Å². The normalized spacial score (nSPS) is 19.7. The summed E-state index contributed by atoms with van der Waals surface area (Å²) < 4.78 is 3.67. The predicted molar refractivity (Wildman–Crippen MR) is 236 cm³/mol. The summed E-state index contributed by atoms with van der Waals surface area (Å²) in [6.07, 6.45) is 9.08. The summed E-state index contributed by atoms with van der Waals surface area (Å²) in [5, 5.41) is 11.3. The second kappa shape index (κ2) is 11.9. The lowest BCUT2D eigenvalue weighted by Gasteiger charge is -2.39. The van der Waals surface area contributed by atoms with Gasteiger partial charge < -0.3 is 14.8 Å². The van der Waals surface area contributed by atoms with Crippen LogP contribution >= 0.6 is 11.3 Å². The summed E-state index contributed by atoms with van der Waals surface area (Å²) in [4.78, 5) is 7.90. The van der Waals surface area contributed by atoms with E-state index < -0.39 is 0 Å². The Morgan fingerprint density at radius 1 is 0.643 bits per heavy atom. The van der Waals surface area contributed by atoms with Crippen molar-refractivity contribution in [3.63, 3.8) is 0 Å². The Morgan fingerprint density at radius 3 is 2.25 bits per heavy atom. The van der Waals surface area contributed by atoms with Crippen molar-refractivity contribution in [2.45, 2.75) is 24.4 Å². The average molecular weight is 737 g/mol. The van der Waals surface area contributed by atoms with Crippen molar-refractivity contribution >= 4 is 76.2 Å². The third-order valence-corrected chi connectivity index (χ3v) is 13.4. The van der Waals surface area contributed by atoms with Gasteiger partial charge in [-0.3, -0.25) is 0 Å². The summed E-state index contributed by atoms with van der Waals surface area (Å²) >= 11 is 1.78. The smallest absolute Gasteiger partial charge is 0.135 e. The van der Waals surface area contributed by atoms with Gasteiger partial charge in [0, 0.05) is 55.0 Å². The summed E-state index contributed by atoms with van der Waals surface area (Å²) in [6, 6.07) is 57.7. The van der Waals surface area contributed by atoms with Crippen LogP contribution in [0.25, 0.3) is 48.4 Å². The van der Waals surface area contributed by atoms with Gasteiger partial charge in [-0.15, -0.1) is 11.3 Å². The molecular weight excluding hydrogens is 701 g/mol. The van der Waals surface area contributed by atoms with Gasteiger partial charge in [-0.25, -0.2) is 4.99 Å². The number of nitrogens with one attached hydrogen (secondary N) is 1. The SMILES string of the molecule is CC12C=CC=CC1c1ccc(C3=Nc4sc5ccccc5c4C(c4ccc(-n5c6ccccc6c6cc7ccccc7cc65)cc4)N3)cc1N2c1ccccc1. The van der Waals surface area contributed by atoms with Crippen LogP contribution in [0, 0.1) is 0 Å². The van der Waals surface area contributed by atoms with Gasteiger partial charge in [0.05, 0.1) is 22.6 Å². The Morgan fingerprint density at radius 2 is 1.39 bits per heavy atom. The zero-order valence-electron chi connectivity index (χ0n) is 30.7. The first-order valence-electron chi connectivity index (χ1n) is 19.4. The second-order valence-corrected chi connectivity index (χ2v) is 16.4. The molecule has 266 valence electrons. The molecule has 1 aliphatic carbocycles. The highest BCUT2D eigenvalue weighted by Gasteiger charge is 2.47. The molecule has 2 aromatic heterocycles. The van der Waals surface area contributed by atoms with E-state index in [-0.39, 0.29) is 17.5 Å². The number of amidine groups is 1. The fraction of sp³-hybridized carbons (Fsp3) is 0.0784. The zero-order chi connectivity index (χ0) is 37.0. The highest BCUT2D eigenvalue weighted by molar-refractivity contribution is 7.22. The topological polar surface area (TPSA) is 32.6 Å². The van der Waals surface area contributed by atoms with E-state index in [1.165, 1.54) is 70.7 Å². The minimum Gasteiger partial charge on any atom is -0.358 e. The van der Waals surface area contributed by atoms with Crippen molar-refractivity contribution in [1.82, 2.24) is 9.88 Å². The number of rotatable bonds is 4. The summed E-state index contributed by atoms with van der Waals surface area (Å²) in [6.45, 7) is 2.35. The molecule has 0 bridgehead atoms. The number of allylic oxidation sites excluding steroid dienone is 2. The van der Waals surface area contributed by atoms with Crippen LogP contribution in [-0.2, 0) is 0 Å². The van der Waals surface area contributed by atoms with Crippen LogP contribution < -0.4 is 10.2 Å². The van der Waals surface area contributed by atoms with Crippen molar-refractivity contribution in [3.05, 3.63) is 204 Å². The molecule has 4 heterocycles. The summed E-state index contributed by atoms with van der Waals surface area (Å²) in [5.41, 5.74) is 10.7. The maximum Gasteiger partial charge on any atom is 0.135 e. The Balaban J connectivity index is 0.982.